The van der Waals surface area contributed by atoms with E-state index in [1.807, 2.05) is 28.8 Å². The summed E-state index contributed by atoms with van der Waals surface area (Å²) in [4.78, 5) is 14.6. The first-order valence-electron chi connectivity index (χ1n) is 4.39. The van der Waals surface area contributed by atoms with E-state index < -0.39 is 5.97 Å². The molecule has 4 heteroatoms. The molecule has 0 aliphatic carbocycles. The number of fused-ring (bicyclic) bond motifs is 1. The average molecular weight is 190 g/mol. The molecule has 0 aliphatic rings. The third kappa shape index (κ3) is 1.59. The smallest absolute Gasteiger partial charge is 0.305 e. The van der Waals surface area contributed by atoms with Gasteiger partial charge < -0.3 is 9.67 Å². The number of imidazole rings is 1. The van der Waals surface area contributed by atoms with Gasteiger partial charge in [0.05, 0.1) is 23.8 Å². The van der Waals surface area contributed by atoms with Gasteiger partial charge >= 0.3 is 5.97 Å². The lowest BCUT2D eigenvalue weighted by atomic mass is 10.3. The number of carboxylic acids is 1. The van der Waals surface area contributed by atoms with Gasteiger partial charge in [-0.1, -0.05) is 12.1 Å². The molecule has 1 aromatic heterocycles. The third-order valence-electron chi connectivity index (χ3n) is 2.09. The molecule has 1 N–H and O–H groups in total. The van der Waals surface area contributed by atoms with E-state index in [2.05, 4.69) is 4.98 Å². The number of benzene rings is 1. The van der Waals surface area contributed by atoms with Crippen LogP contribution in [0.3, 0.4) is 0 Å². The highest BCUT2D eigenvalue weighted by Gasteiger charge is 2.02. The Morgan fingerprint density at radius 2 is 2.21 bits per heavy atom. The van der Waals surface area contributed by atoms with Gasteiger partial charge in [-0.2, -0.15) is 0 Å². The molecule has 2 aromatic rings. The number of nitrogens with zero attached hydrogens (tertiary/aromatic N) is 2. The number of para-hydroxylation sites is 2. The van der Waals surface area contributed by atoms with Crippen LogP contribution in [0.5, 0.6) is 0 Å². The highest BCUT2D eigenvalue weighted by atomic mass is 16.4. The van der Waals surface area contributed by atoms with Gasteiger partial charge in [-0.25, -0.2) is 4.98 Å². The number of aryl methyl sites for hydroxylation is 1. The van der Waals surface area contributed by atoms with Crippen LogP contribution < -0.4 is 0 Å². The summed E-state index contributed by atoms with van der Waals surface area (Å²) in [6.07, 6.45) is 1.80. The molecule has 72 valence electrons. The van der Waals surface area contributed by atoms with Crippen LogP contribution >= 0.6 is 0 Å². The summed E-state index contributed by atoms with van der Waals surface area (Å²) in [6, 6.07) is 7.68. The van der Waals surface area contributed by atoms with E-state index in [1.165, 1.54) is 0 Å². The van der Waals surface area contributed by atoms with E-state index in [9.17, 15) is 4.79 Å². The first kappa shape index (κ1) is 8.74. The van der Waals surface area contributed by atoms with Crippen molar-refractivity contribution in [1.29, 1.82) is 0 Å². The lowest BCUT2D eigenvalue weighted by molar-refractivity contribution is -0.137. The monoisotopic (exact) mass is 190 g/mol. The highest BCUT2D eigenvalue weighted by Crippen LogP contribution is 2.11. The standard InChI is InChI=1S/C10H10N2O2/c13-10(14)5-6-12-7-11-8-3-1-2-4-9(8)12/h1-4,7H,5-6H2,(H,13,14). The fourth-order valence-electron chi connectivity index (χ4n) is 1.40. The molecule has 0 atom stereocenters. The van der Waals surface area contributed by atoms with E-state index in [1.54, 1.807) is 6.33 Å². The molecule has 0 saturated heterocycles. The minimum absolute atomic E-state index is 0.125. The van der Waals surface area contributed by atoms with Crippen LogP contribution in [0.25, 0.3) is 11.0 Å². The van der Waals surface area contributed by atoms with Gasteiger partial charge in [-0.05, 0) is 12.1 Å². The van der Waals surface area contributed by atoms with Gasteiger partial charge in [0.15, 0.2) is 0 Å². The van der Waals surface area contributed by atoms with Gasteiger partial charge in [0.2, 0.25) is 0 Å². The first-order chi connectivity index (χ1) is 6.77. The SMILES string of the molecule is O=C(O)CCn1cnc2ccccc21. The maximum absolute atomic E-state index is 10.4. The van der Waals surface area contributed by atoms with E-state index in [4.69, 9.17) is 5.11 Å². The van der Waals surface area contributed by atoms with E-state index in [0.29, 0.717) is 6.54 Å². The molecule has 0 spiro atoms. The van der Waals surface area contributed by atoms with Crippen molar-refractivity contribution in [3.8, 4) is 0 Å². The third-order valence-corrected chi connectivity index (χ3v) is 2.09. The molecule has 0 fully saturated rings. The van der Waals surface area contributed by atoms with Crippen molar-refractivity contribution in [2.75, 3.05) is 0 Å². The molecular weight excluding hydrogens is 180 g/mol. The van der Waals surface area contributed by atoms with Gasteiger partial charge in [-0.3, -0.25) is 4.79 Å². The fraction of sp³-hybridized carbons (Fsp3) is 0.200. The minimum atomic E-state index is -0.789. The molecule has 0 bridgehead atoms. The van der Waals surface area contributed by atoms with Crippen molar-refractivity contribution in [2.24, 2.45) is 0 Å². The lowest BCUT2D eigenvalue weighted by Crippen LogP contribution is -2.03. The number of hydrogen-bond donors (Lipinski definition) is 1. The highest BCUT2D eigenvalue weighted by molar-refractivity contribution is 5.75. The first-order valence-corrected chi connectivity index (χ1v) is 4.39. The molecule has 1 heterocycles. The summed E-state index contributed by atoms with van der Waals surface area (Å²) in [5.41, 5.74) is 1.88. The van der Waals surface area contributed by atoms with Gasteiger partial charge in [-0.15, -0.1) is 0 Å². The number of hydrogen-bond acceptors (Lipinski definition) is 2. The van der Waals surface area contributed by atoms with Crippen LogP contribution in [0.15, 0.2) is 30.6 Å². The van der Waals surface area contributed by atoms with Crippen LogP contribution in [0.4, 0.5) is 0 Å². The maximum Gasteiger partial charge on any atom is 0.305 e. The minimum Gasteiger partial charge on any atom is -0.481 e. The number of aliphatic carboxylic acids is 1. The van der Waals surface area contributed by atoms with Crippen molar-refractivity contribution in [1.82, 2.24) is 9.55 Å². The molecule has 4 nitrogen and oxygen atoms in total. The summed E-state index contributed by atoms with van der Waals surface area (Å²) < 4.78 is 1.85. The Kier molecular flexibility index (Phi) is 2.18. The van der Waals surface area contributed by atoms with Crippen molar-refractivity contribution >= 4 is 17.0 Å². The van der Waals surface area contributed by atoms with Gasteiger partial charge in [0, 0.05) is 6.54 Å². The largest absolute Gasteiger partial charge is 0.481 e. The molecule has 0 aliphatic heterocycles. The van der Waals surface area contributed by atoms with E-state index in [0.717, 1.165) is 11.0 Å². The van der Waals surface area contributed by atoms with Crippen molar-refractivity contribution in [3.05, 3.63) is 30.6 Å². The van der Waals surface area contributed by atoms with E-state index >= 15 is 0 Å². The second kappa shape index (κ2) is 3.49. The zero-order valence-corrected chi connectivity index (χ0v) is 7.55. The lowest BCUT2D eigenvalue weighted by Gasteiger charge is -2.00. The van der Waals surface area contributed by atoms with Crippen molar-refractivity contribution in [2.45, 2.75) is 13.0 Å². The van der Waals surface area contributed by atoms with Gasteiger partial charge in [0.25, 0.3) is 0 Å². The Bertz CT molecular complexity index is 462. The quantitative estimate of drug-likeness (QED) is 0.798. The normalized spacial score (nSPS) is 10.6. The summed E-state index contributed by atoms with van der Waals surface area (Å²) in [5, 5.41) is 8.55. The van der Waals surface area contributed by atoms with Crippen LogP contribution in [-0.4, -0.2) is 20.6 Å². The molecule has 0 amide bonds. The van der Waals surface area contributed by atoms with Crippen LogP contribution in [0.2, 0.25) is 0 Å². The zero-order valence-electron chi connectivity index (χ0n) is 7.55. The number of rotatable bonds is 3. The summed E-state index contributed by atoms with van der Waals surface area (Å²) in [7, 11) is 0. The number of carboxylic acid groups (broad SMARTS) is 1. The Morgan fingerprint density at radius 1 is 1.43 bits per heavy atom. The molecule has 0 saturated carbocycles. The summed E-state index contributed by atoms with van der Waals surface area (Å²) >= 11 is 0. The molecule has 14 heavy (non-hydrogen) atoms. The molecule has 0 radical (unpaired) electrons. The van der Waals surface area contributed by atoms with Crippen molar-refractivity contribution < 1.29 is 9.90 Å². The Morgan fingerprint density at radius 3 is 3.00 bits per heavy atom. The van der Waals surface area contributed by atoms with Crippen LogP contribution in [0.1, 0.15) is 6.42 Å². The molecule has 1 aromatic carbocycles. The van der Waals surface area contributed by atoms with E-state index in [-0.39, 0.29) is 6.42 Å². The predicted octanol–water partition coefficient (Wildman–Crippen LogP) is 1.51. The second-order valence-corrected chi connectivity index (χ2v) is 3.07. The van der Waals surface area contributed by atoms with Crippen molar-refractivity contribution in [3.63, 3.8) is 0 Å². The zero-order chi connectivity index (χ0) is 9.97. The van der Waals surface area contributed by atoms with Gasteiger partial charge in [0.1, 0.15) is 0 Å². The van der Waals surface area contributed by atoms with Crippen LogP contribution in [0, 0.1) is 0 Å². The molecule has 0 unspecified atom stereocenters. The van der Waals surface area contributed by atoms with Crippen LogP contribution in [-0.2, 0) is 11.3 Å². The summed E-state index contributed by atoms with van der Waals surface area (Å²) in [5.74, 6) is -0.789. The second-order valence-electron chi connectivity index (χ2n) is 3.07. The number of carbonyl (C=O) groups is 1. The Labute approximate surface area is 80.8 Å². The number of aromatic nitrogens is 2. The average Bonchev–Trinajstić information content (AvgIpc) is 2.58. The fourth-order valence-corrected chi connectivity index (χ4v) is 1.40. The molecule has 2 rings (SSSR count). The molecular formula is C10H10N2O2. The Hall–Kier alpha value is -1.84. The maximum atomic E-state index is 10.4. The Balaban J connectivity index is 2.29. The topological polar surface area (TPSA) is 55.1 Å². The predicted molar refractivity (Wildman–Crippen MR) is 52.0 cm³/mol. The summed E-state index contributed by atoms with van der Waals surface area (Å²) in [6.45, 7) is 0.468.